The molecule has 2 atom stereocenters. The van der Waals surface area contributed by atoms with Gasteiger partial charge in [-0.2, -0.15) is 5.10 Å². The van der Waals surface area contributed by atoms with Gasteiger partial charge in [-0.1, -0.05) is 67.1 Å². The monoisotopic (exact) mass is 533 g/mol. The van der Waals surface area contributed by atoms with E-state index in [2.05, 4.69) is 63.6 Å². The van der Waals surface area contributed by atoms with Gasteiger partial charge < -0.3 is 10.6 Å². The van der Waals surface area contributed by atoms with Gasteiger partial charge in [0.2, 0.25) is 11.8 Å². The minimum atomic E-state index is -0.526. The molecular formula is C33H35N5O2. The van der Waals surface area contributed by atoms with E-state index in [4.69, 9.17) is 5.73 Å². The molecule has 1 aliphatic heterocycles. The first-order chi connectivity index (χ1) is 19.5. The fourth-order valence-electron chi connectivity index (χ4n) is 5.80. The van der Waals surface area contributed by atoms with Crippen molar-refractivity contribution in [1.29, 1.82) is 0 Å². The topological polar surface area (TPSA) is 95.3 Å². The number of para-hydroxylation sites is 1. The highest BCUT2D eigenvalue weighted by Gasteiger charge is 2.46. The molecule has 1 saturated heterocycles. The molecule has 40 heavy (non-hydrogen) atoms. The summed E-state index contributed by atoms with van der Waals surface area (Å²) in [5.41, 5.74) is 11.6. The van der Waals surface area contributed by atoms with Crippen molar-refractivity contribution in [2.24, 2.45) is 11.7 Å². The third kappa shape index (κ3) is 5.84. The third-order valence-electron chi connectivity index (χ3n) is 8.07. The highest BCUT2D eigenvalue weighted by atomic mass is 16.2. The van der Waals surface area contributed by atoms with Crippen molar-refractivity contribution in [3.8, 4) is 0 Å². The minimum Gasteiger partial charge on any atom is -0.368 e. The maximum Gasteiger partial charge on any atom is 0.237 e. The van der Waals surface area contributed by atoms with Gasteiger partial charge in [-0.15, -0.1) is 0 Å². The molecule has 6 rings (SSSR count). The lowest BCUT2D eigenvalue weighted by atomic mass is 10.0. The Morgan fingerprint density at radius 3 is 2.50 bits per heavy atom. The Kier molecular flexibility index (Phi) is 7.47. The number of nitrogens with two attached hydrogens (primary N) is 1. The van der Waals surface area contributed by atoms with Gasteiger partial charge in [-0.3, -0.25) is 19.6 Å². The zero-order valence-corrected chi connectivity index (χ0v) is 22.6. The number of rotatable bonds is 9. The van der Waals surface area contributed by atoms with E-state index < -0.39 is 5.91 Å². The lowest BCUT2D eigenvalue weighted by molar-refractivity contribution is -0.123. The Balaban J connectivity index is 1.11. The standard InChI is InChI=1S/C33H35N5O2/c34-32(39)22-38(26-7-3-1-4-8-26)33(40)29-20-28(29)25-14-15-27-30(35-36-31(27)19-25)16-13-23-9-11-24(12-10-23)21-37-17-5-2-6-18-37/h1,3-4,7-16,19,28-29H,2,5-6,17-18,20-22H2,(H2,34,39)(H,35,36)/b16-13+/t28-,29+/m0/s1. The molecule has 1 saturated carbocycles. The number of hydrogen-bond acceptors (Lipinski definition) is 4. The van der Waals surface area contributed by atoms with Gasteiger partial charge in [-0.25, -0.2) is 0 Å². The molecule has 4 aromatic rings. The second-order valence-corrected chi connectivity index (χ2v) is 11.0. The highest BCUT2D eigenvalue weighted by molar-refractivity contribution is 6.01. The van der Waals surface area contributed by atoms with Gasteiger partial charge in [0.05, 0.1) is 11.2 Å². The first-order valence-corrected chi connectivity index (χ1v) is 14.2. The number of nitrogens with one attached hydrogen (secondary N) is 1. The van der Waals surface area contributed by atoms with E-state index in [-0.39, 0.29) is 24.3 Å². The molecule has 204 valence electrons. The molecule has 2 fully saturated rings. The smallest absolute Gasteiger partial charge is 0.237 e. The summed E-state index contributed by atoms with van der Waals surface area (Å²) >= 11 is 0. The predicted octanol–water partition coefficient (Wildman–Crippen LogP) is 5.34. The molecule has 0 bridgehead atoms. The van der Waals surface area contributed by atoms with Gasteiger partial charge >= 0.3 is 0 Å². The first-order valence-electron chi connectivity index (χ1n) is 14.2. The summed E-state index contributed by atoms with van der Waals surface area (Å²) in [6.45, 7) is 3.31. The maximum atomic E-state index is 13.3. The molecule has 3 N–H and O–H groups in total. The number of aromatic nitrogens is 2. The summed E-state index contributed by atoms with van der Waals surface area (Å²) in [6, 6.07) is 24.3. The van der Waals surface area contributed by atoms with Gasteiger partial charge in [-0.05, 0) is 79.2 Å². The van der Waals surface area contributed by atoms with Gasteiger partial charge in [0.25, 0.3) is 0 Å². The zero-order chi connectivity index (χ0) is 27.5. The van der Waals surface area contributed by atoms with Crippen LogP contribution in [-0.2, 0) is 16.1 Å². The van der Waals surface area contributed by atoms with Crippen LogP contribution in [0, 0.1) is 5.92 Å². The molecule has 7 heteroatoms. The van der Waals surface area contributed by atoms with Crippen molar-refractivity contribution in [2.45, 2.75) is 38.1 Å². The molecule has 3 aromatic carbocycles. The summed E-state index contributed by atoms with van der Waals surface area (Å²) in [4.78, 5) is 29.0. The number of benzene rings is 3. The van der Waals surface area contributed by atoms with E-state index in [0.29, 0.717) is 5.69 Å². The van der Waals surface area contributed by atoms with Crippen molar-refractivity contribution in [2.75, 3.05) is 24.5 Å². The van der Waals surface area contributed by atoms with Crippen LogP contribution in [0.5, 0.6) is 0 Å². The van der Waals surface area contributed by atoms with Crippen molar-refractivity contribution in [3.63, 3.8) is 0 Å². The van der Waals surface area contributed by atoms with E-state index in [0.717, 1.165) is 40.7 Å². The fraction of sp³-hybridized carbons (Fsp3) is 0.303. The number of piperidine rings is 1. The number of nitrogens with zero attached hydrogens (tertiary/aromatic N) is 3. The van der Waals surface area contributed by atoms with Crippen LogP contribution in [0.1, 0.15) is 54.0 Å². The number of aromatic amines is 1. The zero-order valence-electron chi connectivity index (χ0n) is 22.6. The number of carbonyl (C=O) groups excluding carboxylic acids is 2. The normalized spacial score (nSPS) is 19.2. The summed E-state index contributed by atoms with van der Waals surface area (Å²) < 4.78 is 0. The second-order valence-electron chi connectivity index (χ2n) is 11.0. The Morgan fingerprint density at radius 1 is 0.975 bits per heavy atom. The molecule has 7 nitrogen and oxygen atoms in total. The van der Waals surface area contributed by atoms with Crippen LogP contribution in [-0.4, -0.2) is 46.5 Å². The lowest BCUT2D eigenvalue weighted by Crippen LogP contribution is -2.39. The molecule has 2 amide bonds. The number of anilines is 1. The van der Waals surface area contributed by atoms with Crippen LogP contribution in [0.3, 0.4) is 0 Å². The molecule has 2 aliphatic rings. The number of fused-ring (bicyclic) bond motifs is 1. The number of H-pyrrole nitrogens is 1. The van der Waals surface area contributed by atoms with E-state index in [9.17, 15) is 9.59 Å². The Labute approximate surface area is 234 Å². The number of carbonyl (C=O) groups is 2. The molecule has 1 aliphatic carbocycles. The van der Waals surface area contributed by atoms with Crippen molar-refractivity contribution >= 4 is 40.6 Å². The second kappa shape index (κ2) is 11.5. The maximum absolute atomic E-state index is 13.3. The van der Waals surface area contributed by atoms with Crippen LogP contribution in [0.25, 0.3) is 23.1 Å². The molecule has 0 unspecified atom stereocenters. The van der Waals surface area contributed by atoms with E-state index in [1.54, 1.807) is 0 Å². The van der Waals surface area contributed by atoms with Crippen LogP contribution in [0.4, 0.5) is 5.69 Å². The van der Waals surface area contributed by atoms with Gasteiger partial charge in [0, 0.05) is 23.5 Å². The van der Waals surface area contributed by atoms with Crippen LogP contribution in [0.2, 0.25) is 0 Å². The largest absolute Gasteiger partial charge is 0.368 e. The first kappa shape index (κ1) is 26.0. The fourth-order valence-corrected chi connectivity index (χ4v) is 5.80. The molecule has 0 spiro atoms. The third-order valence-corrected chi connectivity index (χ3v) is 8.07. The van der Waals surface area contributed by atoms with E-state index in [1.807, 2.05) is 36.4 Å². The minimum absolute atomic E-state index is 0.0646. The number of hydrogen-bond donors (Lipinski definition) is 2. The SMILES string of the molecule is NC(=O)CN(C(=O)[C@@H]1C[C@H]1c1ccc2c(/C=C/c3ccc(CN4CCCCC4)cc3)n[nH]c2c1)c1ccccc1. The summed E-state index contributed by atoms with van der Waals surface area (Å²) in [7, 11) is 0. The number of amides is 2. The average Bonchev–Trinajstić information content (AvgIpc) is 3.69. The van der Waals surface area contributed by atoms with Gasteiger partial charge in [0.1, 0.15) is 6.54 Å². The Hall–Kier alpha value is -4.23. The summed E-state index contributed by atoms with van der Waals surface area (Å²) in [6.07, 6.45) is 8.87. The summed E-state index contributed by atoms with van der Waals surface area (Å²) in [5.74, 6) is -0.647. The quantitative estimate of drug-likeness (QED) is 0.304. The van der Waals surface area contributed by atoms with Crippen molar-refractivity contribution in [1.82, 2.24) is 15.1 Å². The van der Waals surface area contributed by atoms with Crippen molar-refractivity contribution in [3.05, 3.63) is 95.2 Å². The van der Waals surface area contributed by atoms with Crippen molar-refractivity contribution < 1.29 is 9.59 Å². The van der Waals surface area contributed by atoms with E-state index in [1.165, 1.54) is 42.8 Å². The molecule has 0 radical (unpaired) electrons. The highest BCUT2D eigenvalue weighted by Crippen LogP contribution is 2.49. The Morgan fingerprint density at radius 2 is 1.75 bits per heavy atom. The lowest BCUT2D eigenvalue weighted by Gasteiger charge is -2.26. The number of primary amides is 1. The van der Waals surface area contributed by atoms with Crippen LogP contribution >= 0.6 is 0 Å². The van der Waals surface area contributed by atoms with E-state index >= 15 is 0 Å². The van der Waals surface area contributed by atoms with Crippen LogP contribution in [0.15, 0.2) is 72.8 Å². The average molecular weight is 534 g/mol. The van der Waals surface area contributed by atoms with Gasteiger partial charge in [0.15, 0.2) is 0 Å². The molecular weight excluding hydrogens is 498 g/mol. The van der Waals surface area contributed by atoms with Crippen LogP contribution < -0.4 is 10.6 Å². The predicted molar refractivity (Wildman–Crippen MR) is 159 cm³/mol. The molecule has 1 aromatic heterocycles. The molecule has 2 heterocycles. The summed E-state index contributed by atoms with van der Waals surface area (Å²) in [5, 5.41) is 8.74. The number of likely N-dealkylation sites (tertiary alicyclic amines) is 1. The Bertz CT molecular complexity index is 1520.